The minimum absolute atomic E-state index is 0.0763. The summed E-state index contributed by atoms with van der Waals surface area (Å²) in [4.78, 5) is 176. The number of hydrogen-bond donors (Lipinski definition) is 7. The van der Waals surface area contributed by atoms with Gasteiger partial charge < -0.3 is 44.5 Å². The standard InChI is InChI=1S/C18H13N3OS.C15H14N4O2S.C15H9N3O2S.C15H15N3OS.C14H12N4O2S.C14H13N3OS/c1-11-14-17(22)20-16(13-9-5-6-10-19-13)21-18(14)23-15(11)12-7-3-2-4-8-12;1-8-10-13(20)17-12(9-6-4-5-7-16-9)18-14(10)22-11(8)15(21)19(2)3;19-14-12-9(11-5-3-7-20-11)8-21-15(12)18-13(17-14)10-4-1-2-6-16-10;1-9(2)7-10-8-20-15-12(10)14(19)17-13(18-15)11-5-3-4-6-16-11;1-7-9-12(19)17-11(8-5-3-4-6-16-8)18-14(9)21-10(7)13(20)15-2;1-3-9-8(2)19-14-11(9)13(18)16-12(17-14)10-6-4-5-7-15-10/h2-10H,1H3,(H,20,21,22);4-7H,1-3H3,(H,17,18,20);1-8H,(H,17,18,19);3-6,8-9H,7H2,1-2H3,(H,17,18,19);3-6H,1-2H3,(H,15,20)(H,17,18,19);4-7H,3H2,1-2H3,(H,16,17,18). The summed E-state index contributed by atoms with van der Waals surface area (Å²) in [5.41, 5.74) is 9.22. The number of H-pyrrole nitrogens is 6. The van der Waals surface area contributed by atoms with E-state index in [4.69, 9.17) is 4.42 Å². The lowest BCUT2D eigenvalue weighted by Gasteiger charge is -2.08. The molecule has 0 aliphatic rings. The summed E-state index contributed by atoms with van der Waals surface area (Å²) in [5.74, 6) is 3.68. The summed E-state index contributed by atoms with van der Waals surface area (Å²) in [7, 11) is 4.93. The fourth-order valence-corrected chi connectivity index (χ4v) is 20.1. The molecular weight excluding hydrogens is 1710 g/mol. The molecule has 7 N–H and O–H groups in total. The lowest BCUT2D eigenvalue weighted by Crippen LogP contribution is -2.21. The number of carbonyl (C=O) groups is 2. The van der Waals surface area contributed by atoms with Crippen LogP contribution in [0.2, 0.25) is 0 Å². The van der Waals surface area contributed by atoms with Crippen molar-refractivity contribution < 1.29 is 14.0 Å². The van der Waals surface area contributed by atoms with E-state index < -0.39 is 0 Å². The number of aryl methyl sites for hydroxylation is 5. The zero-order valence-electron chi connectivity index (χ0n) is 69.1. The number of aromatic amines is 6. The van der Waals surface area contributed by atoms with Crippen molar-refractivity contribution in [2.45, 2.75) is 61.3 Å². The van der Waals surface area contributed by atoms with Gasteiger partial charge in [0.05, 0.1) is 48.3 Å². The van der Waals surface area contributed by atoms with E-state index >= 15 is 0 Å². The van der Waals surface area contributed by atoms with Crippen molar-refractivity contribution >= 4 is 141 Å². The van der Waals surface area contributed by atoms with Gasteiger partial charge in [0.2, 0.25) is 0 Å². The maximum atomic E-state index is 12.5. The Morgan fingerprint density at radius 3 is 1.17 bits per heavy atom. The van der Waals surface area contributed by atoms with Gasteiger partial charge in [0.1, 0.15) is 68.9 Å². The monoisotopic (exact) mass is 1780 g/mol. The van der Waals surface area contributed by atoms with Crippen molar-refractivity contribution in [1.29, 1.82) is 0 Å². The normalized spacial score (nSPS) is 11.0. The third-order valence-corrected chi connectivity index (χ3v) is 25.9. The first-order chi connectivity index (χ1) is 61.0. The summed E-state index contributed by atoms with van der Waals surface area (Å²) >= 11 is 8.49. The predicted octanol–water partition coefficient (Wildman–Crippen LogP) is 17.3. The van der Waals surface area contributed by atoms with E-state index in [2.05, 4.69) is 116 Å². The van der Waals surface area contributed by atoms with Crippen LogP contribution < -0.4 is 38.7 Å². The zero-order chi connectivity index (χ0) is 88.4. The Kier molecular flexibility index (Phi) is 26.3. The first-order valence-corrected chi connectivity index (χ1v) is 44.2. The zero-order valence-corrected chi connectivity index (χ0v) is 74.0. The number of thiophene rings is 6. The van der Waals surface area contributed by atoms with Crippen LogP contribution in [0.3, 0.4) is 0 Å². The highest BCUT2D eigenvalue weighted by Gasteiger charge is 2.25. The average molecular weight is 1790 g/mol. The van der Waals surface area contributed by atoms with E-state index in [1.807, 2.05) is 146 Å². The molecule has 29 nitrogen and oxygen atoms in total. The number of nitrogens with zero attached hydrogens (tertiary/aromatic N) is 13. The largest absolute Gasteiger partial charge is 0.464 e. The van der Waals surface area contributed by atoms with E-state index in [9.17, 15) is 38.4 Å². The Morgan fingerprint density at radius 2 is 0.778 bits per heavy atom. The molecule has 0 saturated carbocycles. The lowest BCUT2D eigenvalue weighted by atomic mass is 10.0. The highest BCUT2D eigenvalue weighted by molar-refractivity contribution is 7.22. The molecule has 20 aromatic rings. The molecule has 126 heavy (non-hydrogen) atoms. The number of pyridine rings is 6. The van der Waals surface area contributed by atoms with Crippen molar-refractivity contribution in [3.05, 3.63) is 310 Å². The highest BCUT2D eigenvalue weighted by atomic mass is 32.1. The molecule has 2 amide bonds. The Balaban J connectivity index is 0.000000117. The van der Waals surface area contributed by atoms with E-state index in [-0.39, 0.29) is 45.2 Å². The first-order valence-electron chi connectivity index (χ1n) is 39.2. The molecule has 0 aliphatic heterocycles. The fraction of sp³-hybridized carbons (Fsp3) is 0.143. The van der Waals surface area contributed by atoms with Crippen LogP contribution in [-0.2, 0) is 12.8 Å². The van der Waals surface area contributed by atoms with Gasteiger partial charge in [0, 0.05) is 79.0 Å². The van der Waals surface area contributed by atoms with Crippen molar-refractivity contribution in [2.24, 2.45) is 5.92 Å². The fourth-order valence-electron chi connectivity index (χ4n) is 13.5. The Hall–Kier alpha value is -14.6. The minimum atomic E-state index is -0.260. The maximum Gasteiger partial charge on any atom is 0.263 e. The molecule has 19 aromatic heterocycles. The van der Waals surface area contributed by atoms with Crippen LogP contribution in [0.1, 0.15) is 72.8 Å². The number of amides is 2. The first kappa shape index (κ1) is 86.3. The summed E-state index contributed by atoms with van der Waals surface area (Å²) in [6, 6.07) is 46.6. The van der Waals surface area contributed by atoms with Gasteiger partial charge in [-0.1, -0.05) is 87.5 Å². The van der Waals surface area contributed by atoms with E-state index in [1.165, 1.54) is 50.2 Å². The summed E-state index contributed by atoms with van der Waals surface area (Å²) in [6.45, 7) is 13.9. The molecule has 0 bridgehead atoms. The summed E-state index contributed by atoms with van der Waals surface area (Å²) < 4.78 is 5.37. The quantitative estimate of drug-likeness (QED) is 0.0563. The third kappa shape index (κ3) is 18.7. The number of hydrogen-bond acceptors (Lipinski definition) is 27. The Bertz CT molecular complexity index is 7720. The number of nitrogens with one attached hydrogen (secondary N) is 7. The van der Waals surface area contributed by atoms with Gasteiger partial charge in [-0.15, -0.1) is 68.0 Å². The number of fused-ring (bicyclic) bond motifs is 6. The van der Waals surface area contributed by atoms with E-state index in [1.54, 1.807) is 131 Å². The molecule has 630 valence electrons. The third-order valence-electron chi connectivity index (χ3n) is 19.5. The molecule has 19 heterocycles. The molecule has 1 aromatic carbocycles. The SMILES string of the molecule is CC(C)Cc1csc2nc(-c3ccccn3)[nH]c(=O)c12.CCc1c(C)sc2nc(-c3ccccn3)[nH]c(=O)c12.CNC(=O)c1sc2nc(-c3ccccn3)[nH]c(=O)c2c1C.Cc1c(-c2ccccc2)sc2nc(-c3ccccn3)[nH]c(=O)c12.Cc1c(C(=O)N(C)C)sc2nc(-c3ccccn3)[nH]c(=O)c12.O=c1[nH]c(-c2ccccn2)nc2scc(-c3ccco3)c12. The van der Waals surface area contributed by atoms with Crippen LogP contribution in [-0.4, -0.2) is 128 Å². The minimum Gasteiger partial charge on any atom is -0.464 e. The smallest absolute Gasteiger partial charge is 0.263 e. The van der Waals surface area contributed by atoms with Crippen molar-refractivity contribution in [1.82, 2.24) is 99.9 Å². The molecule has 0 fully saturated rings. The van der Waals surface area contributed by atoms with Crippen LogP contribution in [0, 0.1) is 33.6 Å². The van der Waals surface area contributed by atoms with Gasteiger partial charge in [-0.3, -0.25) is 68.3 Å². The summed E-state index contributed by atoms with van der Waals surface area (Å²) in [6.07, 6.45) is 13.3. The second-order valence-electron chi connectivity index (χ2n) is 28.6. The molecule has 0 atom stereocenters. The topological polar surface area (TPSA) is 414 Å². The van der Waals surface area contributed by atoms with Gasteiger partial charge in [0.25, 0.3) is 45.2 Å². The van der Waals surface area contributed by atoms with Crippen LogP contribution >= 0.6 is 68.0 Å². The number of benzene rings is 1. The molecule has 20 rings (SSSR count). The van der Waals surface area contributed by atoms with Gasteiger partial charge in [-0.25, -0.2) is 29.9 Å². The Morgan fingerprint density at radius 1 is 0.413 bits per heavy atom. The van der Waals surface area contributed by atoms with Crippen LogP contribution in [0.5, 0.6) is 0 Å². The number of furan rings is 1. The highest BCUT2D eigenvalue weighted by Crippen LogP contribution is 2.38. The van der Waals surface area contributed by atoms with E-state index in [0.717, 1.165) is 75.7 Å². The van der Waals surface area contributed by atoms with Gasteiger partial charge >= 0.3 is 0 Å². The van der Waals surface area contributed by atoms with Gasteiger partial charge in [-0.2, -0.15) is 0 Å². The second-order valence-corrected chi connectivity index (χ2v) is 34.6. The molecule has 0 saturated heterocycles. The number of rotatable bonds is 13. The van der Waals surface area contributed by atoms with Gasteiger partial charge in [0.15, 0.2) is 34.9 Å². The van der Waals surface area contributed by atoms with Crippen LogP contribution in [0.25, 0.3) is 152 Å². The van der Waals surface area contributed by atoms with Crippen molar-refractivity contribution in [3.8, 4) is 90.9 Å². The van der Waals surface area contributed by atoms with E-state index in [0.29, 0.717) is 138 Å². The predicted molar refractivity (Wildman–Crippen MR) is 502 cm³/mol. The number of carbonyl (C=O) groups excluding carboxylic acids is 2. The van der Waals surface area contributed by atoms with Crippen LogP contribution in [0.4, 0.5) is 0 Å². The second kappa shape index (κ2) is 38.4. The maximum absolute atomic E-state index is 12.5. The molecule has 0 unspecified atom stereocenters. The molecular formula is C91H76N20O9S6. The van der Waals surface area contributed by atoms with Crippen LogP contribution in [0.15, 0.2) is 239 Å². The number of aromatic nitrogens is 18. The molecule has 0 radical (unpaired) electrons. The molecule has 0 aliphatic carbocycles. The van der Waals surface area contributed by atoms with Crippen molar-refractivity contribution in [3.63, 3.8) is 0 Å². The lowest BCUT2D eigenvalue weighted by molar-refractivity contribution is 0.0831. The molecule has 35 heteroatoms. The average Bonchev–Trinajstić information content (AvgIpc) is 1.65. The van der Waals surface area contributed by atoms with Gasteiger partial charge in [-0.05, 0) is 170 Å². The van der Waals surface area contributed by atoms with Crippen molar-refractivity contribution in [2.75, 3.05) is 21.1 Å². The molecule has 0 spiro atoms. The summed E-state index contributed by atoms with van der Waals surface area (Å²) in [5, 5.41) is 10.1. The Labute approximate surface area is 739 Å².